The molecule has 0 atom stereocenters. The number of hydrogen-bond acceptors (Lipinski definition) is 4. The van der Waals surface area contributed by atoms with Gasteiger partial charge in [0.2, 0.25) is 0 Å². The summed E-state index contributed by atoms with van der Waals surface area (Å²) >= 11 is 3.28. The first-order valence-electron chi connectivity index (χ1n) is 5.63. The van der Waals surface area contributed by atoms with E-state index >= 15 is 0 Å². The number of esters is 1. The summed E-state index contributed by atoms with van der Waals surface area (Å²) in [5, 5.41) is 0. The van der Waals surface area contributed by atoms with Crippen molar-refractivity contribution in [1.82, 2.24) is 0 Å². The Morgan fingerprint density at radius 3 is 2.67 bits per heavy atom. The van der Waals surface area contributed by atoms with Crippen LogP contribution >= 0.6 is 15.9 Å². The number of halogens is 1. The van der Waals surface area contributed by atoms with E-state index < -0.39 is 5.97 Å². The first-order chi connectivity index (χ1) is 8.35. The average Bonchev–Trinajstić information content (AvgIpc) is 2.28. The van der Waals surface area contributed by atoms with Crippen molar-refractivity contribution in [3.63, 3.8) is 0 Å². The van der Waals surface area contributed by atoms with Crippen LogP contribution in [0.3, 0.4) is 0 Å². The summed E-state index contributed by atoms with van der Waals surface area (Å²) in [6, 6.07) is 5.07. The van der Waals surface area contributed by atoms with Crippen LogP contribution < -0.4 is 5.73 Å². The molecule has 0 aliphatic heterocycles. The lowest BCUT2D eigenvalue weighted by atomic mass is 10.1. The number of methoxy groups -OCH3 is 1. The third kappa shape index (κ3) is 4.31. The van der Waals surface area contributed by atoms with E-state index in [1.54, 1.807) is 25.3 Å². The summed E-state index contributed by atoms with van der Waals surface area (Å²) in [6.07, 6.45) is 0.631. The highest BCUT2D eigenvalue weighted by Gasteiger charge is 2.18. The molecule has 0 unspecified atom stereocenters. The molecule has 0 saturated carbocycles. The van der Waals surface area contributed by atoms with Crippen LogP contribution in [0.2, 0.25) is 0 Å². The second-order valence-corrected chi connectivity index (χ2v) is 5.50. The first-order valence-corrected chi connectivity index (χ1v) is 6.42. The number of nitrogens with two attached hydrogens (primary N) is 1. The van der Waals surface area contributed by atoms with Gasteiger partial charge >= 0.3 is 5.97 Å². The monoisotopic (exact) mass is 315 g/mol. The fourth-order valence-electron chi connectivity index (χ4n) is 1.29. The topological polar surface area (TPSA) is 61.5 Å². The molecule has 0 radical (unpaired) electrons. The Hall–Kier alpha value is -1.07. The normalized spacial score (nSPS) is 11.3. The summed E-state index contributed by atoms with van der Waals surface area (Å²) in [4.78, 5) is 11.8. The van der Waals surface area contributed by atoms with Gasteiger partial charge in [0.15, 0.2) is 0 Å². The third-order valence-corrected chi connectivity index (χ3v) is 3.22. The van der Waals surface area contributed by atoms with Gasteiger partial charge in [0.25, 0.3) is 0 Å². The predicted octanol–water partition coefficient (Wildman–Crippen LogP) is 3.00. The number of benzene rings is 1. The fraction of sp³-hybridized carbons (Fsp3) is 0.462. The van der Waals surface area contributed by atoms with Gasteiger partial charge in [-0.05, 0) is 32.0 Å². The molecule has 0 fully saturated rings. The van der Waals surface area contributed by atoms with Gasteiger partial charge in [-0.3, -0.25) is 0 Å². The lowest BCUT2D eigenvalue weighted by Crippen LogP contribution is -2.25. The molecule has 0 heterocycles. The van der Waals surface area contributed by atoms with Gasteiger partial charge in [0.1, 0.15) is 0 Å². The van der Waals surface area contributed by atoms with E-state index in [0.717, 1.165) is 4.47 Å². The maximum absolute atomic E-state index is 11.8. The highest BCUT2D eigenvalue weighted by molar-refractivity contribution is 9.10. The van der Waals surface area contributed by atoms with Crippen LogP contribution in [0.1, 0.15) is 30.6 Å². The van der Waals surface area contributed by atoms with Crippen LogP contribution in [0.5, 0.6) is 0 Å². The van der Waals surface area contributed by atoms with Gasteiger partial charge in [-0.15, -0.1) is 0 Å². The van der Waals surface area contributed by atoms with Crippen molar-refractivity contribution >= 4 is 27.6 Å². The molecule has 4 nitrogen and oxygen atoms in total. The highest BCUT2D eigenvalue weighted by atomic mass is 79.9. The molecule has 0 bridgehead atoms. The molecule has 1 aromatic rings. The smallest absolute Gasteiger partial charge is 0.340 e. The number of anilines is 1. The molecular weight excluding hydrogens is 298 g/mol. The number of nitrogen functional groups attached to an aromatic ring is 1. The minimum absolute atomic E-state index is 0.300. The Balaban J connectivity index is 2.56. The van der Waals surface area contributed by atoms with Gasteiger partial charge in [-0.25, -0.2) is 4.79 Å². The van der Waals surface area contributed by atoms with Crippen LogP contribution in [0, 0.1) is 0 Å². The Morgan fingerprint density at radius 1 is 1.44 bits per heavy atom. The van der Waals surface area contributed by atoms with E-state index in [2.05, 4.69) is 15.9 Å². The van der Waals surface area contributed by atoms with Crippen molar-refractivity contribution in [3.8, 4) is 0 Å². The zero-order valence-electron chi connectivity index (χ0n) is 10.8. The minimum atomic E-state index is -0.410. The lowest BCUT2D eigenvalue weighted by molar-refractivity contribution is -0.00559. The number of rotatable bonds is 5. The van der Waals surface area contributed by atoms with E-state index in [9.17, 15) is 4.79 Å². The van der Waals surface area contributed by atoms with Crippen molar-refractivity contribution in [1.29, 1.82) is 0 Å². The van der Waals surface area contributed by atoms with E-state index in [1.807, 2.05) is 13.8 Å². The summed E-state index contributed by atoms with van der Waals surface area (Å²) in [7, 11) is 1.63. The SMILES string of the molecule is COC(C)(C)CCOC(=O)c1ccc(Br)cc1N. The van der Waals surface area contributed by atoms with E-state index in [-0.39, 0.29) is 5.60 Å². The number of hydrogen-bond donors (Lipinski definition) is 1. The summed E-state index contributed by atoms with van der Waals surface area (Å²) in [5.74, 6) is -0.410. The highest BCUT2D eigenvalue weighted by Crippen LogP contribution is 2.20. The van der Waals surface area contributed by atoms with E-state index in [0.29, 0.717) is 24.3 Å². The van der Waals surface area contributed by atoms with Crippen molar-refractivity contribution in [2.45, 2.75) is 25.9 Å². The fourth-order valence-corrected chi connectivity index (χ4v) is 1.67. The predicted molar refractivity (Wildman–Crippen MR) is 74.5 cm³/mol. The zero-order valence-corrected chi connectivity index (χ0v) is 12.4. The largest absolute Gasteiger partial charge is 0.462 e. The molecule has 0 spiro atoms. The molecule has 0 aromatic heterocycles. The van der Waals surface area contributed by atoms with E-state index in [4.69, 9.17) is 15.2 Å². The quantitative estimate of drug-likeness (QED) is 0.670. The molecule has 100 valence electrons. The zero-order chi connectivity index (χ0) is 13.8. The van der Waals surface area contributed by atoms with Crippen molar-refractivity contribution in [2.75, 3.05) is 19.5 Å². The van der Waals surface area contributed by atoms with Crippen LogP contribution in [0.25, 0.3) is 0 Å². The maximum Gasteiger partial charge on any atom is 0.340 e. The van der Waals surface area contributed by atoms with Gasteiger partial charge in [-0.1, -0.05) is 15.9 Å². The number of carbonyl (C=O) groups excluding carboxylic acids is 1. The van der Waals surface area contributed by atoms with Crippen molar-refractivity contribution < 1.29 is 14.3 Å². The molecular formula is C13H18BrNO3. The van der Waals surface area contributed by atoms with Gasteiger partial charge in [0.05, 0.1) is 17.8 Å². The second-order valence-electron chi connectivity index (χ2n) is 4.58. The lowest BCUT2D eigenvalue weighted by Gasteiger charge is -2.22. The van der Waals surface area contributed by atoms with Crippen LogP contribution in [0.15, 0.2) is 22.7 Å². The molecule has 0 aliphatic rings. The molecule has 0 saturated heterocycles. The summed E-state index contributed by atoms with van der Waals surface area (Å²) < 4.78 is 11.2. The summed E-state index contributed by atoms with van der Waals surface area (Å²) in [6.45, 7) is 4.18. The average molecular weight is 316 g/mol. The molecule has 1 rings (SSSR count). The Morgan fingerprint density at radius 2 is 2.11 bits per heavy atom. The Labute approximate surface area is 116 Å². The molecule has 1 aromatic carbocycles. The number of ether oxygens (including phenoxy) is 2. The second kappa shape index (κ2) is 6.20. The minimum Gasteiger partial charge on any atom is -0.462 e. The van der Waals surface area contributed by atoms with Gasteiger partial charge < -0.3 is 15.2 Å². The maximum atomic E-state index is 11.8. The Kier molecular flexibility index (Phi) is 5.16. The van der Waals surface area contributed by atoms with Crippen LogP contribution in [-0.4, -0.2) is 25.3 Å². The third-order valence-electron chi connectivity index (χ3n) is 2.72. The van der Waals surface area contributed by atoms with Crippen LogP contribution in [0.4, 0.5) is 5.69 Å². The molecule has 2 N–H and O–H groups in total. The van der Waals surface area contributed by atoms with Gasteiger partial charge in [0, 0.05) is 23.7 Å². The summed E-state index contributed by atoms with van der Waals surface area (Å²) in [5.41, 5.74) is 6.24. The Bertz CT molecular complexity index is 432. The van der Waals surface area contributed by atoms with Crippen molar-refractivity contribution in [2.24, 2.45) is 0 Å². The van der Waals surface area contributed by atoms with Gasteiger partial charge in [-0.2, -0.15) is 0 Å². The van der Waals surface area contributed by atoms with Crippen molar-refractivity contribution in [3.05, 3.63) is 28.2 Å². The van der Waals surface area contributed by atoms with Crippen LogP contribution in [-0.2, 0) is 9.47 Å². The standard InChI is InChI=1S/C13H18BrNO3/c1-13(2,17-3)6-7-18-12(16)10-5-4-9(14)8-11(10)15/h4-5,8H,6-7,15H2,1-3H3. The molecule has 0 amide bonds. The molecule has 5 heteroatoms. The molecule has 18 heavy (non-hydrogen) atoms. The number of carbonyl (C=O) groups is 1. The molecule has 0 aliphatic carbocycles. The van der Waals surface area contributed by atoms with E-state index in [1.165, 1.54) is 0 Å². The first kappa shape index (κ1) is 15.0.